The molecule has 80 valence electrons. The number of carbonyl (C=O) groups excluding carboxylic acids is 2. The van der Waals surface area contributed by atoms with Gasteiger partial charge in [0.05, 0.1) is 12.0 Å². The van der Waals surface area contributed by atoms with E-state index in [9.17, 15) is 14.7 Å². The van der Waals surface area contributed by atoms with Crippen LogP contribution in [0.4, 0.5) is 5.69 Å². The van der Waals surface area contributed by atoms with Crippen molar-refractivity contribution in [2.24, 2.45) is 0 Å². The van der Waals surface area contributed by atoms with Gasteiger partial charge in [0.15, 0.2) is 0 Å². The van der Waals surface area contributed by atoms with Crippen LogP contribution >= 0.6 is 0 Å². The quantitative estimate of drug-likeness (QED) is 0.525. The molecule has 0 spiro atoms. The van der Waals surface area contributed by atoms with Crippen LogP contribution in [0.15, 0.2) is 30.3 Å². The molecule has 1 rings (SSSR count). The standard InChI is InChI=1S/C11H13NO3.Na/c1-8(11(14)15)12(9(2)13)10-6-4-3-5-7-10;/h3-8H,1-2H3,(H,14,15);/q;+1/p-1/t8-;/m0./s1. The summed E-state index contributed by atoms with van der Waals surface area (Å²) >= 11 is 0. The number of amides is 1. The number of nitrogens with zero attached hydrogens (tertiary/aromatic N) is 1. The number of para-hydroxylation sites is 1. The third-order valence-corrected chi connectivity index (χ3v) is 2.10. The van der Waals surface area contributed by atoms with E-state index in [1.165, 1.54) is 18.7 Å². The summed E-state index contributed by atoms with van der Waals surface area (Å²) in [7, 11) is 0. The normalized spacial score (nSPS) is 11.1. The monoisotopic (exact) mass is 229 g/mol. The molecule has 0 fully saturated rings. The topological polar surface area (TPSA) is 60.4 Å². The van der Waals surface area contributed by atoms with Crippen LogP contribution in [0, 0.1) is 0 Å². The molecule has 0 saturated carbocycles. The third kappa shape index (κ3) is 3.63. The van der Waals surface area contributed by atoms with Crippen LogP contribution in [-0.2, 0) is 9.59 Å². The summed E-state index contributed by atoms with van der Waals surface area (Å²) in [6, 6.07) is 7.68. The van der Waals surface area contributed by atoms with Crippen molar-refractivity contribution in [1.29, 1.82) is 0 Å². The Balaban J connectivity index is 0.00000225. The van der Waals surface area contributed by atoms with Crippen molar-refractivity contribution in [1.82, 2.24) is 0 Å². The first-order valence-electron chi connectivity index (χ1n) is 4.59. The van der Waals surface area contributed by atoms with E-state index in [0.717, 1.165) is 0 Å². The summed E-state index contributed by atoms with van der Waals surface area (Å²) in [6.07, 6.45) is 0. The van der Waals surface area contributed by atoms with Crippen LogP contribution in [0.3, 0.4) is 0 Å². The van der Waals surface area contributed by atoms with Gasteiger partial charge in [0.2, 0.25) is 5.91 Å². The summed E-state index contributed by atoms with van der Waals surface area (Å²) in [5.74, 6) is -1.59. The fourth-order valence-electron chi connectivity index (χ4n) is 1.37. The maximum absolute atomic E-state index is 11.3. The molecule has 1 amide bonds. The average molecular weight is 229 g/mol. The first kappa shape index (κ1) is 15.2. The summed E-state index contributed by atoms with van der Waals surface area (Å²) in [5.41, 5.74) is 0.557. The minimum absolute atomic E-state index is 0. The summed E-state index contributed by atoms with van der Waals surface area (Å²) in [4.78, 5) is 23.2. The second kappa shape index (κ2) is 6.68. The molecule has 0 saturated heterocycles. The maximum Gasteiger partial charge on any atom is 1.00 e. The number of hydrogen-bond acceptors (Lipinski definition) is 3. The molecule has 0 aromatic heterocycles. The second-order valence-electron chi connectivity index (χ2n) is 3.22. The Morgan fingerprint density at radius 1 is 1.25 bits per heavy atom. The molecule has 1 atom stereocenters. The van der Waals surface area contributed by atoms with Gasteiger partial charge in [-0.15, -0.1) is 0 Å². The predicted octanol–water partition coefficient (Wildman–Crippen LogP) is -2.82. The molecule has 4 nitrogen and oxygen atoms in total. The number of aliphatic carboxylic acids is 1. The van der Waals surface area contributed by atoms with Crippen molar-refractivity contribution >= 4 is 17.6 Å². The van der Waals surface area contributed by atoms with E-state index in [2.05, 4.69) is 0 Å². The molecule has 0 aliphatic carbocycles. The van der Waals surface area contributed by atoms with Gasteiger partial charge in [-0.1, -0.05) is 18.2 Å². The predicted molar refractivity (Wildman–Crippen MR) is 54.1 cm³/mol. The Morgan fingerprint density at radius 2 is 1.75 bits per heavy atom. The van der Waals surface area contributed by atoms with Crippen molar-refractivity contribution in [2.45, 2.75) is 19.9 Å². The number of rotatable bonds is 3. The van der Waals surface area contributed by atoms with E-state index >= 15 is 0 Å². The van der Waals surface area contributed by atoms with E-state index in [0.29, 0.717) is 5.69 Å². The summed E-state index contributed by atoms with van der Waals surface area (Å²) < 4.78 is 0. The van der Waals surface area contributed by atoms with Gasteiger partial charge < -0.3 is 14.8 Å². The molecule has 1 aromatic rings. The zero-order valence-corrected chi connectivity index (χ0v) is 11.6. The van der Waals surface area contributed by atoms with Crippen LogP contribution in [0.5, 0.6) is 0 Å². The Kier molecular flexibility index (Phi) is 6.33. The summed E-state index contributed by atoms with van der Waals surface area (Å²) in [6.45, 7) is 2.75. The fraction of sp³-hybridized carbons (Fsp3) is 0.273. The number of carbonyl (C=O) groups is 2. The smallest absolute Gasteiger partial charge is 0.548 e. The third-order valence-electron chi connectivity index (χ3n) is 2.10. The van der Waals surface area contributed by atoms with E-state index in [-0.39, 0.29) is 35.5 Å². The zero-order chi connectivity index (χ0) is 11.4. The summed E-state index contributed by atoms with van der Waals surface area (Å²) in [5, 5.41) is 10.7. The van der Waals surface area contributed by atoms with Crippen LogP contribution < -0.4 is 39.6 Å². The van der Waals surface area contributed by atoms with Crippen molar-refractivity contribution in [2.75, 3.05) is 4.90 Å². The second-order valence-corrected chi connectivity index (χ2v) is 3.22. The number of carboxylic acids is 1. The van der Waals surface area contributed by atoms with Gasteiger partial charge >= 0.3 is 29.6 Å². The van der Waals surface area contributed by atoms with Gasteiger partial charge in [-0.2, -0.15) is 0 Å². The van der Waals surface area contributed by atoms with Crippen molar-refractivity contribution in [3.63, 3.8) is 0 Å². The van der Waals surface area contributed by atoms with Crippen molar-refractivity contribution < 1.29 is 44.3 Å². The molecule has 0 radical (unpaired) electrons. The zero-order valence-electron chi connectivity index (χ0n) is 9.64. The van der Waals surface area contributed by atoms with Gasteiger partial charge in [-0.25, -0.2) is 0 Å². The Labute approximate surface area is 117 Å². The molecule has 0 N–H and O–H groups in total. The number of anilines is 1. The first-order valence-corrected chi connectivity index (χ1v) is 4.59. The Bertz CT molecular complexity index is 367. The van der Waals surface area contributed by atoms with E-state index in [1.807, 2.05) is 0 Å². The molecular weight excluding hydrogens is 217 g/mol. The van der Waals surface area contributed by atoms with Gasteiger partial charge in [0, 0.05) is 12.6 Å². The number of carboxylic acid groups (broad SMARTS) is 1. The van der Waals surface area contributed by atoms with Crippen LogP contribution in [0.25, 0.3) is 0 Å². The molecule has 5 heteroatoms. The largest absolute Gasteiger partial charge is 1.00 e. The van der Waals surface area contributed by atoms with Gasteiger partial charge in [0.25, 0.3) is 0 Å². The maximum atomic E-state index is 11.3. The van der Waals surface area contributed by atoms with Crippen molar-refractivity contribution in [3.05, 3.63) is 30.3 Å². The van der Waals surface area contributed by atoms with E-state index in [4.69, 9.17) is 0 Å². The minimum atomic E-state index is -1.27. The Morgan fingerprint density at radius 3 is 2.12 bits per heavy atom. The molecule has 0 unspecified atom stereocenters. The SMILES string of the molecule is CC(=O)N(c1ccccc1)[C@@H](C)C(=O)[O-].[Na+]. The van der Waals surface area contributed by atoms with Gasteiger partial charge in [-0.3, -0.25) is 4.79 Å². The molecular formula is C11H12NNaO3. The van der Waals surface area contributed by atoms with E-state index in [1.54, 1.807) is 30.3 Å². The minimum Gasteiger partial charge on any atom is -0.548 e. The molecule has 0 bridgehead atoms. The van der Waals surface area contributed by atoms with E-state index < -0.39 is 12.0 Å². The number of hydrogen-bond donors (Lipinski definition) is 0. The first-order chi connectivity index (χ1) is 7.04. The fourth-order valence-corrected chi connectivity index (χ4v) is 1.37. The molecule has 1 aromatic carbocycles. The molecule has 0 aliphatic rings. The molecule has 0 heterocycles. The van der Waals surface area contributed by atoms with Crippen LogP contribution in [-0.4, -0.2) is 17.9 Å². The van der Waals surface area contributed by atoms with Crippen molar-refractivity contribution in [3.8, 4) is 0 Å². The van der Waals surface area contributed by atoms with Crippen LogP contribution in [0.1, 0.15) is 13.8 Å². The number of benzene rings is 1. The van der Waals surface area contributed by atoms with Gasteiger partial charge in [0.1, 0.15) is 0 Å². The molecule has 0 aliphatic heterocycles. The van der Waals surface area contributed by atoms with Crippen LogP contribution in [0.2, 0.25) is 0 Å². The average Bonchev–Trinajstić information content (AvgIpc) is 2.18. The Hall–Kier alpha value is -0.840. The van der Waals surface area contributed by atoms with Gasteiger partial charge in [-0.05, 0) is 19.1 Å². The molecule has 16 heavy (non-hydrogen) atoms.